The highest BCUT2D eigenvalue weighted by molar-refractivity contribution is 7.89. The van der Waals surface area contributed by atoms with E-state index >= 15 is 0 Å². The number of nitrogens with zero attached hydrogens (tertiary/aromatic N) is 1. The van der Waals surface area contributed by atoms with Gasteiger partial charge in [-0.25, -0.2) is 8.42 Å². The Morgan fingerprint density at radius 3 is 2.07 bits per heavy atom. The van der Waals surface area contributed by atoms with Gasteiger partial charge in [0.2, 0.25) is 15.9 Å². The summed E-state index contributed by atoms with van der Waals surface area (Å²) in [5.41, 5.74) is 1.19. The third-order valence-corrected chi connectivity index (χ3v) is 7.95. The minimum Gasteiger partial charge on any atom is -0.325 e. The summed E-state index contributed by atoms with van der Waals surface area (Å²) < 4.78 is 26.8. The first kappa shape index (κ1) is 19.2. The first-order valence-corrected chi connectivity index (χ1v) is 11.4. The zero-order chi connectivity index (χ0) is 19.6. The van der Waals surface area contributed by atoms with Crippen LogP contribution in [0.3, 0.4) is 0 Å². The van der Waals surface area contributed by atoms with Crippen LogP contribution in [0.25, 0.3) is 0 Å². The Morgan fingerprint density at radius 1 is 0.857 bits per heavy atom. The average molecular weight is 399 g/mol. The molecule has 2 aromatic carbocycles. The number of benzene rings is 2. The minimum atomic E-state index is -3.43. The molecule has 0 bridgehead atoms. The summed E-state index contributed by atoms with van der Waals surface area (Å²) in [6, 6.07) is 16.5. The van der Waals surface area contributed by atoms with Gasteiger partial charge in [-0.2, -0.15) is 4.31 Å². The summed E-state index contributed by atoms with van der Waals surface area (Å²) in [5.74, 6) is -0.00801. The van der Waals surface area contributed by atoms with Gasteiger partial charge >= 0.3 is 0 Å². The lowest BCUT2D eigenvalue weighted by atomic mass is 9.78. The molecule has 4 rings (SSSR count). The fourth-order valence-electron chi connectivity index (χ4n) is 4.42. The molecule has 28 heavy (non-hydrogen) atoms. The minimum absolute atomic E-state index is 0.00801. The molecule has 6 heteroatoms. The van der Waals surface area contributed by atoms with Crippen LogP contribution in [-0.2, 0) is 20.2 Å². The van der Waals surface area contributed by atoms with Crippen molar-refractivity contribution in [2.24, 2.45) is 0 Å². The Kier molecular flexibility index (Phi) is 5.25. The lowest BCUT2D eigenvalue weighted by Crippen LogP contribution is -2.38. The maximum Gasteiger partial charge on any atom is 0.243 e. The van der Waals surface area contributed by atoms with Gasteiger partial charge in [-0.05, 0) is 55.5 Å². The van der Waals surface area contributed by atoms with Crippen LogP contribution < -0.4 is 5.32 Å². The summed E-state index contributed by atoms with van der Waals surface area (Å²) in [4.78, 5) is 13.5. The van der Waals surface area contributed by atoms with E-state index in [1.165, 1.54) is 4.31 Å². The third-order valence-electron chi connectivity index (χ3n) is 6.03. The number of hydrogen-bond acceptors (Lipinski definition) is 3. The van der Waals surface area contributed by atoms with E-state index in [1.807, 2.05) is 30.3 Å². The average Bonchev–Trinajstić information content (AvgIpc) is 3.42. The van der Waals surface area contributed by atoms with Crippen molar-refractivity contribution in [2.45, 2.75) is 48.8 Å². The Bertz CT molecular complexity index is 928. The summed E-state index contributed by atoms with van der Waals surface area (Å²) in [6.07, 6.45) is 5.57. The summed E-state index contributed by atoms with van der Waals surface area (Å²) in [7, 11) is -3.43. The van der Waals surface area contributed by atoms with Gasteiger partial charge in [0.1, 0.15) is 0 Å². The smallest absolute Gasteiger partial charge is 0.243 e. The van der Waals surface area contributed by atoms with Gasteiger partial charge in [-0.3, -0.25) is 4.79 Å². The molecule has 0 spiro atoms. The van der Waals surface area contributed by atoms with Crippen molar-refractivity contribution in [1.29, 1.82) is 0 Å². The van der Waals surface area contributed by atoms with E-state index in [0.717, 1.165) is 44.1 Å². The molecule has 1 aliphatic heterocycles. The predicted octanol–water partition coefficient (Wildman–Crippen LogP) is 3.92. The molecule has 2 fully saturated rings. The van der Waals surface area contributed by atoms with Crippen LogP contribution in [0.4, 0.5) is 5.69 Å². The van der Waals surface area contributed by atoms with E-state index in [-0.39, 0.29) is 10.8 Å². The van der Waals surface area contributed by atoms with Crippen LogP contribution in [0.5, 0.6) is 0 Å². The predicted molar refractivity (Wildman–Crippen MR) is 110 cm³/mol. The van der Waals surface area contributed by atoms with Gasteiger partial charge < -0.3 is 5.32 Å². The second kappa shape index (κ2) is 7.68. The van der Waals surface area contributed by atoms with Crippen LogP contribution >= 0.6 is 0 Å². The quantitative estimate of drug-likeness (QED) is 0.830. The Balaban J connectivity index is 1.53. The van der Waals surface area contributed by atoms with Crippen LogP contribution in [0, 0.1) is 0 Å². The fourth-order valence-corrected chi connectivity index (χ4v) is 5.94. The number of sulfonamides is 1. The second-order valence-corrected chi connectivity index (χ2v) is 9.68. The highest BCUT2D eigenvalue weighted by Gasteiger charge is 2.42. The highest BCUT2D eigenvalue weighted by Crippen LogP contribution is 2.42. The van der Waals surface area contributed by atoms with Crippen molar-refractivity contribution in [3.8, 4) is 0 Å². The Morgan fingerprint density at radius 2 is 1.46 bits per heavy atom. The van der Waals surface area contributed by atoms with Crippen molar-refractivity contribution in [2.75, 3.05) is 18.4 Å². The number of nitrogens with one attached hydrogen (secondary N) is 1. The molecule has 0 atom stereocenters. The summed E-state index contributed by atoms with van der Waals surface area (Å²) in [6.45, 7) is 1.17. The second-order valence-electron chi connectivity index (χ2n) is 7.74. The van der Waals surface area contributed by atoms with E-state index in [4.69, 9.17) is 0 Å². The van der Waals surface area contributed by atoms with Gasteiger partial charge in [0.25, 0.3) is 0 Å². The molecule has 2 aliphatic rings. The molecule has 1 aliphatic carbocycles. The zero-order valence-corrected chi connectivity index (χ0v) is 16.7. The standard InChI is InChI=1S/C22H26N2O3S/c25-21(22(14-4-5-15-22)18-8-2-1-3-9-18)23-19-10-12-20(13-11-19)28(26,27)24-16-6-7-17-24/h1-3,8-13H,4-7,14-17H2,(H,23,25). The molecule has 1 N–H and O–H groups in total. The van der Waals surface area contributed by atoms with Crippen LogP contribution in [0.2, 0.25) is 0 Å². The molecule has 2 aromatic rings. The van der Waals surface area contributed by atoms with Crippen molar-refractivity contribution in [1.82, 2.24) is 4.31 Å². The largest absolute Gasteiger partial charge is 0.325 e. The number of rotatable bonds is 5. The molecule has 1 amide bonds. The topological polar surface area (TPSA) is 66.5 Å². The normalized spacial score (nSPS) is 19.6. The van der Waals surface area contributed by atoms with Gasteiger partial charge in [-0.1, -0.05) is 43.2 Å². The number of carbonyl (C=O) groups is 1. The van der Waals surface area contributed by atoms with Crippen molar-refractivity contribution >= 4 is 21.6 Å². The van der Waals surface area contributed by atoms with Gasteiger partial charge in [0, 0.05) is 18.8 Å². The highest BCUT2D eigenvalue weighted by atomic mass is 32.2. The Hall–Kier alpha value is -2.18. The molecule has 5 nitrogen and oxygen atoms in total. The van der Waals surface area contributed by atoms with Crippen LogP contribution in [0.1, 0.15) is 44.1 Å². The van der Waals surface area contributed by atoms with Crippen LogP contribution in [-0.4, -0.2) is 31.7 Å². The third kappa shape index (κ3) is 3.47. The first-order valence-electron chi connectivity index (χ1n) is 10.00. The molecular formula is C22H26N2O3S. The van der Waals surface area contributed by atoms with E-state index < -0.39 is 15.4 Å². The Labute approximate surface area is 166 Å². The summed E-state index contributed by atoms with van der Waals surface area (Å²) >= 11 is 0. The number of hydrogen-bond donors (Lipinski definition) is 1. The molecule has 0 radical (unpaired) electrons. The summed E-state index contributed by atoms with van der Waals surface area (Å²) in [5, 5.41) is 3.02. The molecule has 0 aromatic heterocycles. The monoisotopic (exact) mass is 398 g/mol. The maximum atomic E-state index is 13.2. The molecule has 148 valence electrons. The molecule has 1 heterocycles. The van der Waals surface area contributed by atoms with E-state index in [2.05, 4.69) is 5.32 Å². The van der Waals surface area contributed by atoms with Gasteiger partial charge in [0.15, 0.2) is 0 Å². The van der Waals surface area contributed by atoms with E-state index in [1.54, 1.807) is 24.3 Å². The fraction of sp³-hybridized carbons (Fsp3) is 0.409. The van der Waals surface area contributed by atoms with Crippen molar-refractivity contribution in [3.05, 3.63) is 60.2 Å². The van der Waals surface area contributed by atoms with Crippen LogP contribution in [0.15, 0.2) is 59.5 Å². The zero-order valence-electron chi connectivity index (χ0n) is 15.9. The number of amides is 1. The lowest BCUT2D eigenvalue weighted by Gasteiger charge is -2.28. The molecular weight excluding hydrogens is 372 g/mol. The van der Waals surface area contributed by atoms with Gasteiger partial charge in [0.05, 0.1) is 10.3 Å². The molecule has 1 saturated carbocycles. The maximum absolute atomic E-state index is 13.2. The van der Waals surface area contributed by atoms with Gasteiger partial charge in [-0.15, -0.1) is 0 Å². The number of carbonyl (C=O) groups excluding carboxylic acids is 1. The molecule has 0 unspecified atom stereocenters. The van der Waals surface area contributed by atoms with Crippen molar-refractivity contribution < 1.29 is 13.2 Å². The first-order chi connectivity index (χ1) is 13.5. The SMILES string of the molecule is O=C(Nc1ccc(S(=O)(=O)N2CCCC2)cc1)C1(c2ccccc2)CCCC1. The molecule has 1 saturated heterocycles. The van der Waals surface area contributed by atoms with Crippen molar-refractivity contribution in [3.63, 3.8) is 0 Å². The number of anilines is 1. The van der Waals surface area contributed by atoms with E-state index in [0.29, 0.717) is 18.8 Å². The van der Waals surface area contributed by atoms with E-state index in [9.17, 15) is 13.2 Å². The lowest BCUT2D eigenvalue weighted by molar-refractivity contribution is -0.121.